The predicted octanol–water partition coefficient (Wildman–Crippen LogP) is 3.89. The van der Waals surface area contributed by atoms with Crippen molar-refractivity contribution in [1.82, 2.24) is 0 Å². The van der Waals surface area contributed by atoms with E-state index in [-0.39, 0.29) is 6.42 Å². The number of anilines is 1. The molecule has 0 fully saturated rings. The first kappa shape index (κ1) is 15.3. The Balaban J connectivity index is 2.49. The van der Waals surface area contributed by atoms with Crippen molar-refractivity contribution in [2.45, 2.75) is 19.3 Å². The molecule has 0 spiro atoms. The number of benzene rings is 1. The molecule has 1 rings (SSSR count). The zero-order valence-electron chi connectivity index (χ0n) is 10.0. The maximum Gasteiger partial charge on any atom is 0.303 e. The van der Waals surface area contributed by atoms with Gasteiger partial charge in [0.15, 0.2) is 0 Å². The van der Waals surface area contributed by atoms with Gasteiger partial charge in [0.05, 0.1) is 17.3 Å². The third kappa shape index (κ3) is 4.86. The van der Waals surface area contributed by atoms with Crippen molar-refractivity contribution in [2.75, 3.05) is 19.0 Å². The van der Waals surface area contributed by atoms with Gasteiger partial charge in [0.2, 0.25) is 0 Å². The lowest BCUT2D eigenvalue weighted by Crippen LogP contribution is -2.04. The second-order valence-electron chi connectivity index (χ2n) is 3.74. The minimum absolute atomic E-state index is 0.215. The van der Waals surface area contributed by atoms with Gasteiger partial charge in [-0.1, -0.05) is 0 Å². The third-order valence-electron chi connectivity index (χ3n) is 2.37. The fraction of sp³-hybridized carbons (Fsp3) is 0.417. The highest BCUT2D eigenvalue weighted by Gasteiger charge is 2.06. The zero-order valence-corrected chi connectivity index (χ0v) is 13.2. The van der Waals surface area contributed by atoms with Crippen LogP contribution in [0.3, 0.4) is 0 Å². The number of carboxylic acid groups (broad SMARTS) is 1. The molecule has 0 aromatic heterocycles. The molecule has 0 heterocycles. The number of carbonyl (C=O) groups is 1. The number of ether oxygens (including phenoxy) is 1. The number of nitrogens with one attached hydrogen (secondary N) is 1. The summed E-state index contributed by atoms with van der Waals surface area (Å²) in [5.41, 5.74) is 0.936. The maximum absolute atomic E-state index is 10.4. The molecule has 18 heavy (non-hydrogen) atoms. The number of aliphatic carboxylic acids is 1. The summed E-state index contributed by atoms with van der Waals surface area (Å²) in [6, 6.07) is 3.81. The van der Waals surface area contributed by atoms with Crippen LogP contribution < -0.4 is 10.1 Å². The first-order valence-electron chi connectivity index (χ1n) is 5.53. The van der Waals surface area contributed by atoms with Gasteiger partial charge in [0.25, 0.3) is 0 Å². The summed E-state index contributed by atoms with van der Waals surface area (Å²) < 4.78 is 7.04. The van der Waals surface area contributed by atoms with Crippen LogP contribution in [0, 0.1) is 0 Å². The number of halogens is 2. The lowest BCUT2D eigenvalue weighted by Gasteiger charge is -2.11. The van der Waals surface area contributed by atoms with Gasteiger partial charge >= 0.3 is 5.97 Å². The topological polar surface area (TPSA) is 58.6 Å². The van der Waals surface area contributed by atoms with Crippen LogP contribution in [0.5, 0.6) is 5.75 Å². The Morgan fingerprint density at radius 3 is 2.67 bits per heavy atom. The van der Waals surface area contributed by atoms with Crippen molar-refractivity contribution >= 4 is 43.5 Å². The molecule has 0 bridgehead atoms. The van der Waals surface area contributed by atoms with Crippen LogP contribution in [0.25, 0.3) is 0 Å². The SMILES string of the molecule is COc1cc(NCCCCC(=O)O)c(Br)cc1Br. The average Bonchev–Trinajstić information content (AvgIpc) is 2.30. The lowest BCUT2D eigenvalue weighted by molar-refractivity contribution is -0.137. The molecule has 0 aliphatic carbocycles. The Labute approximate surface area is 123 Å². The second-order valence-corrected chi connectivity index (χ2v) is 5.45. The average molecular weight is 381 g/mol. The highest BCUT2D eigenvalue weighted by Crippen LogP contribution is 2.34. The molecule has 0 aliphatic heterocycles. The molecule has 4 nitrogen and oxygen atoms in total. The quantitative estimate of drug-likeness (QED) is 0.704. The van der Waals surface area contributed by atoms with Crippen molar-refractivity contribution < 1.29 is 14.6 Å². The second kappa shape index (κ2) is 7.63. The molecular formula is C12H15Br2NO3. The monoisotopic (exact) mass is 379 g/mol. The van der Waals surface area contributed by atoms with Crippen LogP contribution in [-0.2, 0) is 4.79 Å². The van der Waals surface area contributed by atoms with E-state index in [1.165, 1.54) is 0 Å². The summed E-state index contributed by atoms with van der Waals surface area (Å²) in [6.45, 7) is 0.733. The molecule has 0 atom stereocenters. The van der Waals surface area contributed by atoms with E-state index in [0.29, 0.717) is 6.42 Å². The van der Waals surface area contributed by atoms with Crippen molar-refractivity contribution in [3.8, 4) is 5.75 Å². The minimum atomic E-state index is -0.749. The van der Waals surface area contributed by atoms with E-state index in [0.717, 1.165) is 33.3 Å². The van der Waals surface area contributed by atoms with E-state index < -0.39 is 5.97 Å². The molecular weight excluding hydrogens is 366 g/mol. The Bertz CT molecular complexity index is 424. The summed E-state index contributed by atoms with van der Waals surface area (Å²) in [7, 11) is 1.62. The smallest absolute Gasteiger partial charge is 0.303 e. The van der Waals surface area contributed by atoms with E-state index in [4.69, 9.17) is 9.84 Å². The highest BCUT2D eigenvalue weighted by molar-refractivity contribution is 9.11. The van der Waals surface area contributed by atoms with Crippen LogP contribution in [0.4, 0.5) is 5.69 Å². The molecule has 1 aromatic carbocycles. The summed E-state index contributed by atoms with van der Waals surface area (Å²) in [6.07, 6.45) is 1.71. The fourth-order valence-electron chi connectivity index (χ4n) is 1.45. The van der Waals surface area contributed by atoms with E-state index in [2.05, 4.69) is 37.2 Å². The number of hydrogen-bond donors (Lipinski definition) is 2. The van der Waals surface area contributed by atoms with Crippen LogP contribution >= 0.6 is 31.9 Å². The number of carboxylic acids is 1. The van der Waals surface area contributed by atoms with Gasteiger partial charge < -0.3 is 15.2 Å². The Hall–Kier alpha value is -0.750. The number of rotatable bonds is 7. The normalized spacial score (nSPS) is 10.2. The van der Waals surface area contributed by atoms with Crippen molar-refractivity contribution in [1.29, 1.82) is 0 Å². The Morgan fingerprint density at radius 2 is 2.06 bits per heavy atom. The summed E-state index contributed by atoms with van der Waals surface area (Å²) in [4.78, 5) is 10.4. The van der Waals surface area contributed by atoms with Crippen molar-refractivity contribution in [2.24, 2.45) is 0 Å². The molecule has 0 unspecified atom stereocenters. The largest absolute Gasteiger partial charge is 0.495 e. The highest BCUT2D eigenvalue weighted by atomic mass is 79.9. The van der Waals surface area contributed by atoms with E-state index >= 15 is 0 Å². The molecule has 100 valence electrons. The summed E-state index contributed by atoms with van der Waals surface area (Å²) in [5.74, 6) is 0.00716. The zero-order chi connectivity index (χ0) is 13.5. The van der Waals surface area contributed by atoms with Gasteiger partial charge in [-0.2, -0.15) is 0 Å². The van der Waals surface area contributed by atoms with Gasteiger partial charge in [-0.25, -0.2) is 0 Å². The summed E-state index contributed by atoms with van der Waals surface area (Å²) >= 11 is 6.86. The summed E-state index contributed by atoms with van der Waals surface area (Å²) in [5, 5.41) is 11.8. The Morgan fingerprint density at radius 1 is 1.33 bits per heavy atom. The lowest BCUT2D eigenvalue weighted by atomic mass is 10.2. The van der Waals surface area contributed by atoms with Gasteiger partial charge in [0.1, 0.15) is 5.75 Å². The van der Waals surface area contributed by atoms with Gasteiger partial charge in [-0.15, -0.1) is 0 Å². The standard InChI is InChI=1S/C12H15Br2NO3/c1-18-11-7-10(8(13)6-9(11)14)15-5-3-2-4-12(16)17/h6-7,15H,2-5H2,1H3,(H,16,17). The van der Waals surface area contributed by atoms with E-state index in [1.54, 1.807) is 7.11 Å². The van der Waals surface area contributed by atoms with Crippen LogP contribution in [0.15, 0.2) is 21.1 Å². The van der Waals surface area contributed by atoms with Crippen molar-refractivity contribution in [3.05, 3.63) is 21.1 Å². The first-order valence-corrected chi connectivity index (χ1v) is 7.12. The Kier molecular flexibility index (Phi) is 6.49. The van der Waals surface area contributed by atoms with Crippen LogP contribution in [0.2, 0.25) is 0 Å². The fourth-order valence-corrected chi connectivity index (χ4v) is 2.74. The third-order valence-corrected chi connectivity index (χ3v) is 3.65. The molecule has 0 amide bonds. The molecule has 2 N–H and O–H groups in total. The van der Waals surface area contributed by atoms with Crippen molar-refractivity contribution in [3.63, 3.8) is 0 Å². The molecule has 0 saturated heterocycles. The van der Waals surface area contributed by atoms with Gasteiger partial charge in [-0.3, -0.25) is 4.79 Å². The van der Waals surface area contributed by atoms with Crippen LogP contribution in [0.1, 0.15) is 19.3 Å². The van der Waals surface area contributed by atoms with Crippen LogP contribution in [-0.4, -0.2) is 24.7 Å². The van der Waals surface area contributed by atoms with Gasteiger partial charge in [0, 0.05) is 23.5 Å². The molecule has 0 aliphatic rings. The minimum Gasteiger partial charge on any atom is -0.495 e. The molecule has 0 saturated carbocycles. The predicted molar refractivity (Wildman–Crippen MR) is 78.4 cm³/mol. The maximum atomic E-state index is 10.4. The van der Waals surface area contributed by atoms with E-state index in [9.17, 15) is 4.79 Å². The first-order chi connectivity index (χ1) is 8.54. The van der Waals surface area contributed by atoms with Gasteiger partial charge in [-0.05, 0) is 50.8 Å². The molecule has 0 radical (unpaired) electrons. The number of methoxy groups -OCH3 is 1. The van der Waals surface area contributed by atoms with E-state index in [1.807, 2.05) is 12.1 Å². The molecule has 1 aromatic rings. The number of unbranched alkanes of at least 4 members (excludes halogenated alkanes) is 1. The number of hydrogen-bond acceptors (Lipinski definition) is 3. The molecule has 6 heteroatoms.